The van der Waals surface area contributed by atoms with E-state index >= 15 is 0 Å². The molecule has 8 nitrogen and oxygen atoms in total. The van der Waals surface area contributed by atoms with E-state index in [9.17, 15) is 22.8 Å². The van der Waals surface area contributed by atoms with Gasteiger partial charge in [0.25, 0.3) is 12.3 Å². The second-order valence-electron chi connectivity index (χ2n) is 7.14. The summed E-state index contributed by atoms with van der Waals surface area (Å²) in [5.41, 5.74) is 4.60. The lowest BCUT2D eigenvalue weighted by molar-refractivity contribution is -0.0418. The van der Waals surface area contributed by atoms with Gasteiger partial charge in [-0.1, -0.05) is 11.6 Å². The minimum absolute atomic E-state index is 0.0558. The number of halogens is 4. The predicted molar refractivity (Wildman–Crippen MR) is 101 cm³/mol. The quantitative estimate of drug-likeness (QED) is 0.758. The number of likely N-dealkylation sites (tertiary alicyclic amines) is 1. The molecular formula is C18H17ClF3N5O3. The molecule has 0 unspecified atom stereocenters. The zero-order chi connectivity index (χ0) is 21.6. The molecule has 12 heteroatoms. The zero-order valence-electron chi connectivity index (χ0n) is 15.5. The Morgan fingerprint density at radius 3 is 2.93 bits per heavy atom. The Hall–Kier alpha value is -2.95. The molecule has 1 atom stereocenters. The molecule has 2 aliphatic rings. The summed E-state index contributed by atoms with van der Waals surface area (Å²) in [6.45, 7) is -0.616. The molecule has 1 aromatic heterocycles. The molecule has 4 rings (SSSR count). The standard InChI is InChI=1S/C18H17ClF3N5O3/c19-10-2-3-11-13(14(10)22)18(30-17(29)25-11)4-1-5-26(8-18)16(28)9-6-24-27(15(9)23)7-12(20)21/h2-3,6,12H,1,4-5,7-8,23H2,(H,25,29)/t18-/m0/s1. The highest BCUT2D eigenvalue weighted by molar-refractivity contribution is 6.31. The number of fused-ring (bicyclic) bond motifs is 2. The van der Waals surface area contributed by atoms with Gasteiger partial charge in [-0.25, -0.2) is 22.6 Å². The second-order valence-corrected chi connectivity index (χ2v) is 7.55. The van der Waals surface area contributed by atoms with Crippen LogP contribution < -0.4 is 11.1 Å². The predicted octanol–water partition coefficient (Wildman–Crippen LogP) is 3.22. The fourth-order valence-corrected chi connectivity index (χ4v) is 4.11. The first-order chi connectivity index (χ1) is 14.2. The van der Waals surface area contributed by atoms with Crippen LogP contribution in [0.3, 0.4) is 0 Å². The van der Waals surface area contributed by atoms with Crippen molar-refractivity contribution in [2.45, 2.75) is 31.4 Å². The molecule has 2 aromatic rings. The Kier molecular flexibility index (Phi) is 5.00. The van der Waals surface area contributed by atoms with Crippen LogP contribution in [0.1, 0.15) is 28.8 Å². The lowest BCUT2D eigenvalue weighted by Gasteiger charge is -2.45. The maximum Gasteiger partial charge on any atom is 0.412 e. The molecule has 3 N–H and O–H groups in total. The third-order valence-corrected chi connectivity index (χ3v) is 5.53. The van der Waals surface area contributed by atoms with Crippen LogP contribution in [0.5, 0.6) is 0 Å². The molecule has 160 valence electrons. The van der Waals surface area contributed by atoms with E-state index < -0.39 is 36.4 Å². The molecule has 2 aliphatic heterocycles. The number of ether oxygens (including phenoxy) is 1. The summed E-state index contributed by atoms with van der Waals surface area (Å²) in [7, 11) is 0. The zero-order valence-corrected chi connectivity index (χ0v) is 16.3. The number of hydrogen-bond donors (Lipinski definition) is 2. The van der Waals surface area contributed by atoms with Crippen LogP contribution in [0, 0.1) is 5.82 Å². The van der Waals surface area contributed by atoms with Crippen LogP contribution in [0.4, 0.5) is 29.5 Å². The maximum atomic E-state index is 14.9. The monoisotopic (exact) mass is 443 g/mol. The first-order valence-electron chi connectivity index (χ1n) is 9.09. The van der Waals surface area contributed by atoms with Gasteiger partial charge >= 0.3 is 6.09 Å². The van der Waals surface area contributed by atoms with Gasteiger partial charge in [-0.2, -0.15) is 5.10 Å². The van der Waals surface area contributed by atoms with Gasteiger partial charge < -0.3 is 15.4 Å². The number of anilines is 2. The molecule has 1 fully saturated rings. The van der Waals surface area contributed by atoms with Crippen molar-refractivity contribution in [3.8, 4) is 0 Å². The Morgan fingerprint density at radius 2 is 2.20 bits per heavy atom. The van der Waals surface area contributed by atoms with Crippen LogP contribution in [-0.2, 0) is 16.9 Å². The van der Waals surface area contributed by atoms with Gasteiger partial charge in [0.05, 0.1) is 29.0 Å². The number of carbonyl (C=O) groups is 2. The number of aromatic nitrogens is 2. The highest BCUT2D eigenvalue weighted by atomic mass is 35.5. The third kappa shape index (κ3) is 3.32. The van der Waals surface area contributed by atoms with Gasteiger partial charge in [-0.05, 0) is 25.0 Å². The number of hydrogen-bond acceptors (Lipinski definition) is 5. The number of nitrogens with zero attached hydrogens (tertiary/aromatic N) is 3. The maximum absolute atomic E-state index is 14.9. The molecule has 0 radical (unpaired) electrons. The van der Waals surface area contributed by atoms with Crippen molar-refractivity contribution < 1.29 is 27.5 Å². The van der Waals surface area contributed by atoms with E-state index in [2.05, 4.69) is 10.4 Å². The van der Waals surface area contributed by atoms with Crippen molar-refractivity contribution in [1.82, 2.24) is 14.7 Å². The summed E-state index contributed by atoms with van der Waals surface area (Å²) in [5, 5.41) is 6.03. The second kappa shape index (κ2) is 7.38. The van der Waals surface area contributed by atoms with Crippen LogP contribution in [0.15, 0.2) is 18.3 Å². The highest BCUT2D eigenvalue weighted by Crippen LogP contribution is 2.45. The van der Waals surface area contributed by atoms with E-state index in [1.165, 1.54) is 17.0 Å². The van der Waals surface area contributed by atoms with Crippen molar-refractivity contribution in [1.29, 1.82) is 0 Å². The Balaban J connectivity index is 1.68. The summed E-state index contributed by atoms with van der Waals surface area (Å²) in [5.74, 6) is -1.52. The third-order valence-electron chi connectivity index (χ3n) is 5.24. The fraction of sp³-hybridized carbons (Fsp3) is 0.389. The smallest absolute Gasteiger partial charge is 0.412 e. The Bertz CT molecular complexity index is 1030. The minimum Gasteiger partial charge on any atom is -0.436 e. The van der Waals surface area contributed by atoms with Crippen LogP contribution in [-0.4, -0.2) is 46.2 Å². The molecule has 1 spiro atoms. The Labute approximate surface area is 173 Å². The molecule has 1 saturated heterocycles. The van der Waals surface area contributed by atoms with Crippen LogP contribution >= 0.6 is 11.6 Å². The number of rotatable bonds is 3. The van der Waals surface area contributed by atoms with Gasteiger partial charge in [0, 0.05) is 6.54 Å². The molecule has 2 amide bonds. The molecule has 1 aromatic carbocycles. The SMILES string of the molecule is Nc1c(C(=O)N2CCC[C@@]3(C2)OC(=O)Nc2ccc(Cl)c(F)c23)cnn1CC(F)F. The number of alkyl halides is 2. The van der Waals surface area contributed by atoms with Gasteiger partial charge in [0.1, 0.15) is 17.9 Å². The highest BCUT2D eigenvalue weighted by Gasteiger charge is 2.48. The lowest BCUT2D eigenvalue weighted by Crippen LogP contribution is -2.53. The molecular weight excluding hydrogens is 427 g/mol. The van der Waals surface area contributed by atoms with Gasteiger partial charge in [0.15, 0.2) is 11.4 Å². The van der Waals surface area contributed by atoms with E-state index in [1.807, 2.05) is 0 Å². The van der Waals surface area contributed by atoms with Crippen molar-refractivity contribution >= 4 is 35.1 Å². The van der Waals surface area contributed by atoms with Crippen LogP contribution in [0.2, 0.25) is 5.02 Å². The van der Waals surface area contributed by atoms with E-state index in [1.54, 1.807) is 0 Å². The van der Waals surface area contributed by atoms with E-state index in [0.717, 1.165) is 10.9 Å². The van der Waals surface area contributed by atoms with Gasteiger partial charge in [0.2, 0.25) is 0 Å². The molecule has 3 heterocycles. The number of nitrogens with two attached hydrogens (primary N) is 1. The molecule has 30 heavy (non-hydrogen) atoms. The van der Waals surface area contributed by atoms with Crippen LogP contribution in [0.25, 0.3) is 0 Å². The van der Waals surface area contributed by atoms with Crippen molar-refractivity contribution in [2.24, 2.45) is 0 Å². The molecule has 0 saturated carbocycles. The minimum atomic E-state index is -2.69. The van der Waals surface area contributed by atoms with E-state index in [0.29, 0.717) is 6.42 Å². The summed E-state index contributed by atoms with van der Waals surface area (Å²) < 4.78 is 46.5. The lowest BCUT2D eigenvalue weighted by atomic mass is 9.83. The fourth-order valence-electron chi connectivity index (χ4n) is 3.95. The number of carbonyl (C=O) groups excluding carboxylic acids is 2. The van der Waals surface area contributed by atoms with Crippen molar-refractivity contribution in [2.75, 3.05) is 24.1 Å². The first-order valence-corrected chi connectivity index (χ1v) is 9.47. The topological polar surface area (TPSA) is 102 Å². The number of nitrogens with one attached hydrogen (secondary N) is 1. The normalized spacial score (nSPS) is 20.8. The van der Waals surface area contributed by atoms with Crippen molar-refractivity contribution in [3.63, 3.8) is 0 Å². The van der Waals surface area contributed by atoms with E-state index in [4.69, 9.17) is 22.1 Å². The summed E-state index contributed by atoms with van der Waals surface area (Å²) in [6.07, 6.45) is -1.68. The van der Waals surface area contributed by atoms with Gasteiger partial charge in [-0.3, -0.25) is 10.1 Å². The molecule has 0 aliphatic carbocycles. The summed E-state index contributed by atoms with van der Waals surface area (Å²) >= 11 is 5.93. The Morgan fingerprint density at radius 1 is 1.43 bits per heavy atom. The summed E-state index contributed by atoms with van der Waals surface area (Å²) in [6, 6.07) is 2.79. The van der Waals surface area contributed by atoms with Crippen molar-refractivity contribution in [3.05, 3.63) is 40.3 Å². The van der Waals surface area contributed by atoms with E-state index in [-0.39, 0.29) is 47.2 Å². The largest absolute Gasteiger partial charge is 0.436 e. The number of nitrogen functional groups attached to an aromatic ring is 1. The molecule has 0 bridgehead atoms. The average Bonchev–Trinajstić information content (AvgIpc) is 3.03. The number of amides is 2. The summed E-state index contributed by atoms with van der Waals surface area (Å²) in [4.78, 5) is 26.5. The van der Waals surface area contributed by atoms with Gasteiger partial charge in [-0.15, -0.1) is 0 Å². The first kappa shape index (κ1) is 20.3. The average molecular weight is 444 g/mol. The number of benzene rings is 1. The number of piperidine rings is 1.